The fourth-order valence-electron chi connectivity index (χ4n) is 4.32. The maximum absolute atomic E-state index is 7.06. The lowest BCUT2D eigenvalue weighted by molar-refractivity contribution is 0.110. The van der Waals surface area contributed by atoms with E-state index in [0.29, 0.717) is 17.8 Å². The molecular weight excluding hydrogens is 256 g/mol. The topological polar surface area (TPSA) is 38.9 Å². The molecule has 0 aliphatic heterocycles. The second kappa shape index (κ2) is 5.42. The molecule has 2 heteroatoms. The van der Waals surface area contributed by atoms with Gasteiger partial charge < -0.3 is 5.73 Å². The van der Waals surface area contributed by atoms with Crippen molar-refractivity contribution in [2.45, 2.75) is 45.6 Å². The van der Waals surface area contributed by atoms with Gasteiger partial charge in [-0.3, -0.25) is 4.98 Å². The summed E-state index contributed by atoms with van der Waals surface area (Å²) in [4.78, 5) is 4.25. The summed E-state index contributed by atoms with van der Waals surface area (Å²) in [7, 11) is 0. The molecule has 2 N–H and O–H groups in total. The van der Waals surface area contributed by atoms with Gasteiger partial charge in [-0.25, -0.2) is 0 Å². The third-order valence-electron chi connectivity index (χ3n) is 5.31. The average molecular weight is 282 g/mol. The van der Waals surface area contributed by atoms with Crippen LogP contribution in [0.25, 0.3) is 10.8 Å². The molecule has 3 atom stereocenters. The number of nitrogens with two attached hydrogens (primary N) is 1. The Labute approximate surface area is 127 Å². The lowest BCUT2D eigenvalue weighted by atomic mass is 9.62. The molecule has 1 aromatic carbocycles. The molecule has 1 saturated carbocycles. The van der Waals surface area contributed by atoms with E-state index in [0.717, 1.165) is 6.42 Å². The van der Waals surface area contributed by atoms with Crippen molar-refractivity contribution in [3.8, 4) is 0 Å². The normalized spacial score (nSPS) is 30.0. The van der Waals surface area contributed by atoms with Crippen molar-refractivity contribution in [3.63, 3.8) is 0 Å². The highest BCUT2D eigenvalue weighted by atomic mass is 14.8. The molecule has 3 rings (SSSR count). The quantitative estimate of drug-likeness (QED) is 0.882. The second-order valence-electron chi connectivity index (χ2n) is 7.18. The van der Waals surface area contributed by atoms with E-state index in [1.54, 1.807) is 0 Å². The van der Waals surface area contributed by atoms with Gasteiger partial charge in [-0.15, -0.1) is 0 Å². The number of hydrogen-bond donors (Lipinski definition) is 1. The summed E-state index contributed by atoms with van der Waals surface area (Å²) in [5.74, 6) is 1.86. The van der Waals surface area contributed by atoms with Crippen LogP contribution < -0.4 is 5.73 Å². The number of benzene rings is 1. The number of aromatic nitrogens is 1. The SMILES string of the molecule is CC1CCC(C(C)C)C(N)(c2cccc3cnccc23)C1. The van der Waals surface area contributed by atoms with E-state index in [1.165, 1.54) is 29.2 Å². The van der Waals surface area contributed by atoms with Crippen LogP contribution in [0.4, 0.5) is 0 Å². The van der Waals surface area contributed by atoms with Crippen molar-refractivity contribution < 1.29 is 0 Å². The summed E-state index contributed by atoms with van der Waals surface area (Å²) in [5, 5.41) is 2.47. The largest absolute Gasteiger partial charge is 0.321 e. The van der Waals surface area contributed by atoms with E-state index in [1.807, 2.05) is 12.4 Å². The third-order valence-corrected chi connectivity index (χ3v) is 5.31. The molecular formula is C19H26N2. The minimum absolute atomic E-state index is 0.216. The fraction of sp³-hybridized carbons (Fsp3) is 0.526. The van der Waals surface area contributed by atoms with Crippen LogP contribution in [0.15, 0.2) is 36.7 Å². The van der Waals surface area contributed by atoms with E-state index in [4.69, 9.17) is 5.73 Å². The van der Waals surface area contributed by atoms with Crippen molar-refractivity contribution in [3.05, 3.63) is 42.2 Å². The highest BCUT2D eigenvalue weighted by Gasteiger charge is 2.43. The van der Waals surface area contributed by atoms with Gasteiger partial charge in [0, 0.05) is 23.3 Å². The van der Waals surface area contributed by atoms with Crippen LogP contribution in [-0.4, -0.2) is 4.98 Å². The van der Waals surface area contributed by atoms with Gasteiger partial charge in [0.05, 0.1) is 0 Å². The first kappa shape index (κ1) is 14.5. The first-order chi connectivity index (χ1) is 10.0. The van der Waals surface area contributed by atoms with Crippen LogP contribution in [0.5, 0.6) is 0 Å². The van der Waals surface area contributed by atoms with Gasteiger partial charge in [-0.2, -0.15) is 0 Å². The predicted octanol–water partition coefficient (Wildman–Crippen LogP) is 4.48. The van der Waals surface area contributed by atoms with E-state index in [-0.39, 0.29) is 5.54 Å². The Morgan fingerprint density at radius 1 is 1.24 bits per heavy atom. The van der Waals surface area contributed by atoms with Gasteiger partial charge in [0.15, 0.2) is 0 Å². The molecule has 0 bridgehead atoms. The molecule has 21 heavy (non-hydrogen) atoms. The van der Waals surface area contributed by atoms with Crippen LogP contribution in [0, 0.1) is 17.8 Å². The molecule has 1 heterocycles. The Hall–Kier alpha value is -1.41. The maximum Gasteiger partial charge on any atom is 0.0449 e. The summed E-state index contributed by atoms with van der Waals surface area (Å²) in [6, 6.07) is 8.61. The number of rotatable bonds is 2. The lowest BCUT2D eigenvalue weighted by Crippen LogP contribution is -2.50. The zero-order chi connectivity index (χ0) is 15.0. The van der Waals surface area contributed by atoms with Crippen LogP contribution in [0.1, 0.15) is 45.6 Å². The Balaban J connectivity index is 2.17. The fourth-order valence-corrected chi connectivity index (χ4v) is 4.32. The molecule has 1 aromatic heterocycles. The van der Waals surface area contributed by atoms with Crippen LogP contribution >= 0.6 is 0 Å². The summed E-state index contributed by atoms with van der Waals surface area (Å²) in [6.07, 6.45) is 7.44. The van der Waals surface area contributed by atoms with E-state index >= 15 is 0 Å². The lowest BCUT2D eigenvalue weighted by Gasteiger charge is -2.46. The van der Waals surface area contributed by atoms with Crippen LogP contribution in [0.2, 0.25) is 0 Å². The average Bonchev–Trinajstić information content (AvgIpc) is 2.46. The Kier molecular flexibility index (Phi) is 3.75. The summed E-state index contributed by atoms with van der Waals surface area (Å²) in [5.41, 5.74) is 8.16. The van der Waals surface area contributed by atoms with Crippen molar-refractivity contribution in [2.24, 2.45) is 23.5 Å². The van der Waals surface area contributed by atoms with Gasteiger partial charge in [0.25, 0.3) is 0 Å². The highest BCUT2D eigenvalue weighted by molar-refractivity contribution is 5.85. The Morgan fingerprint density at radius 3 is 2.81 bits per heavy atom. The summed E-state index contributed by atoms with van der Waals surface area (Å²) in [6.45, 7) is 6.97. The van der Waals surface area contributed by atoms with Gasteiger partial charge in [-0.1, -0.05) is 45.4 Å². The molecule has 0 radical (unpaired) electrons. The zero-order valence-corrected chi connectivity index (χ0v) is 13.3. The zero-order valence-electron chi connectivity index (χ0n) is 13.3. The van der Waals surface area contributed by atoms with Crippen LogP contribution in [-0.2, 0) is 5.54 Å². The van der Waals surface area contributed by atoms with Gasteiger partial charge in [0.1, 0.15) is 0 Å². The van der Waals surface area contributed by atoms with Crippen molar-refractivity contribution in [2.75, 3.05) is 0 Å². The third kappa shape index (κ3) is 2.46. The molecule has 1 aliphatic carbocycles. The van der Waals surface area contributed by atoms with E-state index < -0.39 is 0 Å². The number of pyridine rings is 1. The molecule has 0 spiro atoms. The predicted molar refractivity (Wildman–Crippen MR) is 89.0 cm³/mol. The van der Waals surface area contributed by atoms with E-state index in [9.17, 15) is 0 Å². The Morgan fingerprint density at radius 2 is 2.05 bits per heavy atom. The molecule has 2 nitrogen and oxygen atoms in total. The van der Waals surface area contributed by atoms with Crippen molar-refractivity contribution in [1.82, 2.24) is 4.98 Å². The standard InChI is InChI=1S/C19H26N2/c1-13(2)17-8-7-14(3)11-19(17,20)18-6-4-5-15-12-21-10-9-16(15)18/h4-6,9-10,12-14,17H,7-8,11,20H2,1-3H3. The number of nitrogens with zero attached hydrogens (tertiary/aromatic N) is 1. The monoisotopic (exact) mass is 282 g/mol. The van der Waals surface area contributed by atoms with Crippen molar-refractivity contribution in [1.29, 1.82) is 0 Å². The van der Waals surface area contributed by atoms with Gasteiger partial charge >= 0.3 is 0 Å². The van der Waals surface area contributed by atoms with E-state index in [2.05, 4.69) is 50.0 Å². The molecule has 1 aliphatic rings. The minimum Gasteiger partial charge on any atom is -0.321 e. The molecule has 0 saturated heterocycles. The summed E-state index contributed by atoms with van der Waals surface area (Å²) < 4.78 is 0. The molecule has 2 aromatic rings. The Bertz CT molecular complexity index is 629. The molecule has 0 amide bonds. The first-order valence-corrected chi connectivity index (χ1v) is 8.14. The maximum atomic E-state index is 7.06. The number of fused-ring (bicyclic) bond motifs is 1. The first-order valence-electron chi connectivity index (χ1n) is 8.14. The van der Waals surface area contributed by atoms with Gasteiger partial charge in [-0.05, 0) is 47.6 Å². The minimum atomic E-state index is -0.216. The smallest absolute Gasteiger partial charge is 0.0449 e. The number of hydrogen-bond acceptors (Lipinski definition) is 2. The molecule has 112 valence electrons. The summed E-state index contributed by atoms with van der Waals surface area (Å²) >= 11 is 0. The highest BCUT2D eigenvalue weighted by Crippen LogP contribution is 2.47. The second-order valence-corrected chi connectivity index (χ2v) is 7.18. The van der Waals surface area contributed by atoms with Gasteiger partial charge in [0.2, 0.25) is 0 Å². The molecule has 1 fully saturated rings. The molecule has 3 unspecified atom stereocenters. The van der Waals surface area contributed by atoms with Crippen molar-refractivity contribution >= 4 is 10.8 Å². The van der Waals surface area contributed by atoms with Crippen LogP contribution in [0.3, 0.4) is 0 Å².